The minimum atomic E-state index is -0.448. The fraction of sp³-hybridized carbons (Fsp3) is 0.750. The third kappa shape index (κ3) is 2.32. The van der Waals surface area contributed by atoms with E-state index < -0.39 is 11.8 Å². The number of ether oxygens (including phenoxy) is 1. The molecule has 0 saturated heterocycles. The van der Waals surface area contributed by atoms with Crippen molar-refractivity contribution in [2.24, 2.45) is 22.7 Å². The summed E-state index contributed by atoms with van der Waals surface area (Å²) >= 11 is 0. The van der Waals surface area contributed by atoms with Crippen LogP contribution in [-0.4, -0.2) is 30.3 Å². The molecule has 3 aliphatic rings. The highest BCUT2D eigenvalue weighted by atomic mass is 16.8. The van der Waals surface area contributed by atoms with Crippen molar-refractivity contribution in [3.05, 3.63) is 12.2 Å². The van der Waals surface area contributed by atoms with E-state index in [0.29, 0.717) is 17.9 Å². The van der Waals surface area contributed by atoms with Gasteiger partial charge in [0.2, 0.25) is 0 Å². The van der Waals surface area contributed by atoms with E-state index in [9.17, 15) is 9.59 Å². The first-order chi connectivity index (χ1) is 9.84. The van der Waals surface area contributed by atoms with Crippen molar-refractivity contribution in [2.45, 2.75) is 40.0 Å². The second-order valence-corrected chi connectivity index (χ2v) is 7.39. The lowest BCUT2D eigenvalue weighted by atomic mass is 9.64. The summed E-state index contributed by atoms with van der Waals surface area (Å²) in [7, 11) is 0. The first-order valence-corrected chi connectivity index (χ1v) is 7.61. The Balaban J connectivity index is 1.50. The van der Waals surface area contributed by atoms with Crippen LogP contribution < -0.4 is 0 Å². The number of carbonyl (C=O) groups excluding carboxylic acids is 2. The zero-order valence-corrected chi connectivity index (χ0v) is 12.9. The molecule has 2 aliphatic carbocycles. The van der Waals surface area contributed by atoms with Gasteiger partial charge in [0.05, 0.1) is 6.61 Å². The number of rotatable bonds is 5. The van der Waals surface area contributed by atoms with Gasteiger partial charge in [-0.1, -0.05) is 20.8 Å². The maximum absolute atomic E-state index is 11.3. The fourth-order valence-electron chi connectivity index (χ4n) is 4.59. The summed E-state index contributed by atoms with van der Waals surface area (Å²) in [5.74, 6) is 0.380. The van der Waals surface area contributed by atoms with E-state index in [2.05, 4.69) is 20.8 Å². The maximum Gasteiger partial charge on any atom is 0.278 e. The minimum Gasteiger partial charge on any atom is -0.352 e. The van der Waals surface area contributed by atoms with Gasteiger partial charge in [-0.2, -0.15) is 0 Å². The summed E-state index contributed by atoms with van der Waals surface area (Å²) in [5, 5.41) is 0.744. The van der Waals surface area contributed by atoms with Crippen LogP contribution in [0.2, 0.25) is 0 Å². The van der Waals surface area contributed by atoms with Crippen molar-refractivity contribution in [3.63, 3.8) is 0 Å². The van der Waals surface area contributed by atoms with Gasteiger partial charge in [0.1, 0.15) is 0 Å². The first-order valence-electron chi connectivity index (χ1n) is 7.61. The monoisotopic (exact) mass is 293 g/mol. The number of nitrogens with zero attached hydrogens (tertiary/aromatic N) is 1. The van der Waals surface area contributed by atoms with Crippen LogP contribution in [0, 0.1) is 22.7 Å². The second-order valence-electron chi connectivity index (χ2n) is 7.39. The number of fused-ring (bicyclic) bond motifs is 2. The molecule has 2 amide bonds. The van der Waals surface area contributed by atoms with Crippen LogP contribution in [0.4, 0.5) is 0 Å². The average molecular weight is 293 g/mol. The summed E-state index contributed by atoms with van der Waals surface area (Å²) in [5.41, 5.74) is 0.642. The highest BCUT2D eigenvalue weighted by molar-refractivity contribution is 6.11. The summed E-state index contributed by atoms with van der Waals surface area (Å²) in [4.78, 5) is 27.8. The van der Waals surface area contributed by atoms with Gasteiger partial charge in [-0.05, 0) is 41.9 Å². The molecule has 2 fully saturated rings. The first kappa shape index (κ1) is 14.7. The highest BCUT2D eigenvalue weighted by Gasteiger charge is 2.58. The molecule has 5 heteroatoms. The van der Waals surface area contributed by atoms with Crippen molar-refractivity contribution >= 4 is 11.8 Å². The number of amides is 2. The lowest BCUT2D eigenvalue weighted by molar-refractivity contribution is -0.220. The van der Waals surface area contributed by atoms with E-state index in [0.717, 1.165) is 11.0 Å². The number of hydroxylamine groups is 2. The SMILES string of the molecule is CC12CCC(C1)C(C)(C)C2COCON1C(=O)C=CC1=O. The average Bonchev–Trinajstić information content (AvgIpc) is 3.00. The van der Waals surface area contributed by atoms with Crippen LogP contribution in [-0.2, 0) is 19.2 Å². The summed E-state index contributed by atoms with van der Waals surface area (Å²) in [6.45, 7) is 7.56. The minimum absolute atomic E-state index is 0.0630. The lowest BCUT2D eigenvalue weighted by Crippen LogP contribution is -2.39. The van der Waals surface area contributed by atoms with Crippen LogP contribution in [0.15, 0.2) is 12.2 Å². The molecule has 3 unspecified atom stereocenters. The standard InChI is InChI=1S/C16H23NO4/c1-15(2)11-6-7-16(3,8-11)12(15)9-20-10-21-17-13(18)4-5-14(17)19/h4-5,11-12H,6-10H2,1-3H3. The molecule has 1 aliphatic heterocycles. The van der Waals surface area contributed by atoms with Crippen molar-refractivity contribution in [2.75, 3.05) is 13.4 Å². The third-order valence-corrected chi connectivity index (χ3v) is 5.89. The molecule has 2 saturated carbocycles. The smallest absolute Gasteiger partial charge is 0.278 e. The Hall–Kier alpha value is -1.20. The van der Waals surface area contributed by atoms with E-state index in [1.807, 2.05) is 0 Å². The Morgan fingerprint density at radius 2 is 1.90 bits per heavy atom. The summed E-state index contributed by atoms with van der Waals surface area (Å²) in [6.07, 6.45) is 6.26. The molecular weight excluding hydrogens is 270 g/mol. The van der Waals surface area contributed by atoms with Crippen LogP contribution in [0.3, 0.4) is 0 Å². The van der Waals surface area contributed by atoms with Crippen molar-refractivity contribution in [1.29, 1.82) is 0 Å². The van der Waals surface area contributed by atoms with Gasteiger partial charge in [-0.15, -0.1) is 5.06 Å². The van der Waals surface area contributed by atoms with Crippen molar-refractivity contribution < 1.29 is 19.2 Å². The number of carbonyl (C=O) groups is 2. The Kier molecular flexibility index (Phi) is 3.45. The number of imide groups is 1. The van der Waals surface area contributed by atoms with Gasteiger partial charge in [-0.25, -0.2) is 4.84 Å². The molecule has 5 nitrogen and oxygen atoms in total. The van der Waals surface area contributed by atoms with E-state index >= 15 is 0 Å². The van der Waals surface area contributed by atoms with E-state index in [-0.39, 0.29) is 12.2 Å². The van der Waals surface area contributed by atoms with Gasteiger partial charge in [0, 0.05) is 12.2 Å². The quantitative estimate of drug-likeness (QED) is 0.443. The van der Waals surface area contributed by atoms with E-state index in [4.69, 9.17) is 9.57 Å². The van der Waals surface area contributed by atoms with Crippen LogP contribution in [0.25, 0.3) is 0 Å². The molecule has 0 N–H and O–H groups in total. The molecule has 2 bridgehead atoms. The molecule has 0 radical (unpaired) electrons. The zero-order chi connectivity index (χ0) is 15.3. The van der Waals surface area contributed by atoms with Crippen LogP contribution >= 0.6 is 0 Å². The van der Waals surface area contributed by atoms with Gasteiger partial charge < -0.3 is 4.74 Å². The molecule has 21 heavy (non-hydrogen) atoms. The van der Waals surface area contributed by atoms with Crippen molar-refractivity contribution in [1.82, 2.24) is 5.06 Å². The van der Waals surface area contributed by atoms with E-state index in [1.165, 1.54) is 31.4 Å². The van der Waals surface area contributed by atoms with Gasteiger partial charge in [-0.3, -0.25) is 9.59 Å². The fourth-order valence-corrected chi connectivity index (χ4v) is 4.59. The Morgan fingerprint density at radius 1 is 1.24 bits per heavy atom. The molecular formula is C16H23NO4. The Labute approximate surface area is 125 Å². The highest BCUT2D eigenvalue weighted by Crippen LogP contribution is 2.65. The normalized spacial score (nSPS) is 37.0. The summed E-state index contributed by atoms with van der Waals surface area (Å²) < 4.78 is 5.63. The van der Waals surface area contributed by atoms with Gasteiger partial charge >= 0.3 is 0 Å². The molecule has 3 rings (SSSR count). The number of hydrogen-bond acceptors (Lipinski definition) is 4. The van der Waals surface area contributed by atoms with Crippen LogP contribution in [0.5, 0.6) is 0 Å². The Morgan fingerprint density at radius 3 is 2.48 bits per heavy atom. The zero-order valence-electron chi connectivity index (χ0n) is 12.9. The topological polar surface area (TPSA) is 55.8 Å². The molecule has 0 aromatic heterocycles. The molecule has 0 aromatic carbocycles. The second kappa shape index (κ2) is 4.92. The van der Waals surface area contributed by atoms with E-state index in [1.54, 1.807) is 0 Å². The largest absolute Gasteiger partial charge is 0.352 e. The van der Waals surface area contributed by atoms with Gasteiger partial charge in [0.25, 0.3) is 11.8 Å². The third-order valence-electron chi connectivity index (χ3n) is 5.89. The van der Waals surface area contributed by atoms with Gasteiger partial charge in [0.15, 0.2) is 6.79 Å². The predicted octanol–water partition coefficient (Wildman–Crippen LogP) is 2.28. The number of hydrogen-bond donors (Lipinski definition) is 0. The molecule has 0 aromatic rings. The molecule has 0 spiro atoms. The Bertz CT molecular complexity index is 476. The summed E-state index contributed by atoms with van der Waals surface area (Å²) in [6, 6.07) is 0. The van der Waals surface area contributed by atoms with Crippen molar-refractivity contribution in [3.8, 4) is 0 Å². The molecule has 1 heterocycles. The maximum atomic E-state index is 11.3. The predicted molar refractivity (Wildman–Crippen MR) is 75.6 cm³/mol. The molecule has 116 valence electrons. The lowest BCUT2D eigenvalue weighted by Gasteiger charge is -2.42. The van der Waals surface area contributed by atoms with Crippen LogP contribution in [0.1, 0.15) is 40.0 Å². The molecule has 3 atom stereocenters.